The number of nitrogens with zero attached hydrogens (tertiary/aromatic N) is 1. The van der Waals surface area contributed by atoms with Crippen LogP contribution in [0.25, 0.3) is 0 Å². The molecular formula is C12H13ClN2O5. The van der Waals surface area contributed by atoms with Crippen LogP contribution in [0.15, 0.2) is 18.3 Å². The highest BCUT2D eigenvalue weighted by molar-refractivity contribution is 6.30. The van der Waals surface area contributed by atoms with Crippen molar-refractivity contribution in [2.24, 2.45) is 0 Å². The molecule has 0 aliphatic heterocycles. The first-order chi connectivity index (χ1) is 9.40. The third-order valence-electron chi connectivity index (χ3n) is 2.45. The molecule has 0 unspecified atom stereocenters. The molecule has 0 aromatic carbocycles. The number of aliphatic carboxylic acids is 2. The van der Waals surface area contributed by atoms with Crippen LogP contribution in [0.2, 0.25) is 5.02 Å². The summed E-state index contributed by atoms with van der Waals surface area (Å²) >= 11 is 5.63. The maximum absolute atomic E-state index is 11.8. The summed E-state index contributed by atoms with van der Waals surface area (Å²) in [4.78, 5) is 36.9. The summed E-state index contributed by atoms with van der Waals surface area (Å²) in [5.74, 6) is -2.89. The molecule has 1 aromatic heterocycles. The molecule has 1 amide bonds. The Bertz CT molecular complexity index is 503. The molecule has 1 aromatic rings. The second-order valence-electron chi connectivity index (χ2n) is 4.01. The van der Waals surface area contributed by atoms with Crippen molar-refractivity contribution in [3.05, 3.63) is 29.0 Å². The average molecular weight is 301 g/mol. The lowest BCUT2D eigenvalue weighted by molar-refractivity contribution is -0.140. The molecule has 1 heterocycles. The van der Waals surface area contributed by atoms with Crippen molar-refractivity contribution in [2.75, 3.05) is 0 Å². The largest absolute Gasteiger partial charge is 0.481 e. The number of aromatic nitrogens is 1. The van der Waals surface area contributed by atoms with E-state index in [1.165, 1.54) is 18.3 Å². The smallest absolute Gasteiger partial charge is 0.326 e. The Hall–Kier alpha value is -2.15. The summed E-state index contributed by atoms with van der Waals surface area (Å²) in [5.41, 5.74) is 0.0406. The first-order valence-electron chi connectivity index (χ1n) is 5.77. The van der Waals surface area contributed by atoms with Gasteiger partial charge in [-0.1, -0.05) is 11.6 Å². The predicted octanol–water partition coefficient (Wildman–Crippen LogP) is 1.17. The summed E-state index contributed by atoms with van der Waals surface area (Å²) in [6, 6.07) is 1.68. The number of hydrogen-bond donors (Lipinski definition) is 3. The van der Waals surface area contributed by atoms with Crippen LogP contribution in [0.5, 0.6) is 0 Å². The zero-order chi connectivity index (χ0) is 15.1. The number of amides is 1. The number of carbonyl (C=O) groups excluding carboxylic acids is 1. The third kappa shape index (κ3) is 5.23. The Kier molecular flexibility index (Phi) is 5.92. The molecule has 0 bridgehead atoms. The molecule has 0 saturated heterocycles. The van der Waals surface area contributed by atoms with Crippen LogP contribution in [0.1, 0.15) is 29.8 Å². The minimum atomic E-state index is -1.22. The highest BCUT2D eigenvalue weighted by Gasteiger charge is 2.21. The van der Waals surface area contributed by atoms with Crippen molar-refractivity contribution in [3.8, 4) is 0 Å². The predicted molar refractivity (Wildman–Crippen MR) is 69.6 cm³/mol. The lowest BCUT2D eigenvalue weighted by Gasteiger charge is -2.13. The molecule has 1 atom stereocenters. The molecule has 20 heavy (non-hydrogen) atoms. The highest BCUT2D eigenvalue weighted by Crippen LogP contribution is 2.07. The van der Waals surface area contributed by atoms with Gasteiger partial charge >= 0.3 is 11.9 Å². The maximum atomic E-state index is 11.8. The van der Waals surface area contributed by atoms with E-state index in [0.29, 0.717) is 5.02 Å². The highest BCUT2D eigenvalue weighted by atomic mass is 35.5. The standard InChI is InChI=1S/C12H13ClN2O5/c13-7-4-5-8(14-6-7)11(18)15-9(12(19)20)2-1-3-10(16)17/h4-6,9H,1-3H2,(H,15,18)(H,16,17)(H,19,20)/t9-/m1/s1. The normalized spacial score (nSPS) is 11.7. The fourth-order valence-electron chi connectivity index (χ4n) is 1.46. The monoisotopic (exact) mass is 300 g/mol. The van der Waals surface area contributed by atoms with Crippen LogP contribution in [0.3, 0.4) is 0 Å². The van der Waals surface area contributed by atoms with Gasteiger partial charge in [0.25, 0.3) is 5.91 Å². The molecule has 7 nitrogen and oxygen atoms in total. The van der Waals surface area contributed by atoms with Crippen LogP contribution in [0.4, 0.5) is 0 Å². The van der Waals surface area contributed by atoms with E-state index in [-0.39, 0.29) is 25.0 Å². The van der Waals surface area contributed by atoms with Crippen LogP contribution < -0.4 is 5.32 Å². The third-order valence-corrected chi connectivity index (χ3v) is 2.67. The van der Waals surface area contributed by atoms with Gasteiger partial charge in [0, 0.05) is 12.6 Å². The summed E-state index contributed by atoms with van der Waals surface area (Å²) in [5, 5.41) is 20.1. The van der Waals surface area contributed by atoms with Crippen LogP contribution in [0, 0.1) is 0 Å². The number of pyridine rings is 1. The molecule has 108 valence electrons. The van der Waals surface area contributed by atoms with Crippen LogP contribution in [-0.2, 0) is 9.59 Å². The number of carboxylic acids is 2. The van der Waals surface area contributed by atoms with Crippen molar-refractivity contribution >= 4 is 29.4 Å². The molecule has 3 N–H and O–H groups in total. The Morgan fingerprint density at radius 2 is 2.00 bits per heavy atom. The zero-order valence-corrected chi connectivity index (χ0v) is 11.1. The van der Waals surface area contributed by atoms with Crippen molar-refractivity contribution in [1.29, 1.82) is 0 Å². The van der Waals surface area contributed by atoms with Crippen molar-refractivity contribution in [3.63, 3.8) is 0 Å². The number of nitrogens with one attached hydrogen (secondary N) is 1. The van der Waals surface area contributed by atoms with Gasteiger partial charge in [-0.05, 0) is 25.0 Å². The van der Waals surface area contributed by atoms with Crippen LogP contribution in [-0.4, -0.2) is 39.1 Å². The minimum Gasteiger partial charge on any atom is -0.481 e. The lowest BCUT2D eigenvalue weighted by atomic mass is 10.1. The molecule has 0 fully saturated rings. The van der Waals surface area contributed by atoms with E-state index in [2.05, 4.69) is 10.3 Å². The fraction of sp³-hybridized carbons (Fsp3) is 0.333. The number of carboxylic acid groups (broad SMARTS) is 2. The topological polar surface area (TPSA) is 117 Å². The zero-order valence-electron chi connectivity index (χ0n) is 10.4. The quantitative estimate of drug-likeness (QED) is 0.696. The summed E-state index contributed by atoms with van der Waals surface area (Å²) < 4.78 is 0. The minimum absolute atomic E-state index is 0.0287. The van der Waals surface area contributed by atoms with E-state index in [1.54, 1.807) is 0 Å². The summed E-state index contributed by atoms with van der Waals surface area (Å²) in [6.45, 7) is 0. The Morgan fingerprint density at radius 3 is 2.50 bits per heavy atom. The molecule has 0 spiro atoms. The molecule has 0 aliphatic carbocycles. The van der Waals surface area contributed by atoms with Crippen molar-refractivity contribution in [1.82, 2.24) is 10.3 Å². The van der Waals surface area contributed by atoms with E-state index in [0.717, 1.165) is 0 Å². The Balaban J connectivity index is 2.60. The van der Waals surface area contributed by atoms with Crippen LogP contribution >= 0.6 is 11.6 Å². The van der Waals surface area contributed by atoms with Gasteiger partial charge in [-0.15, -0.1) is 0 Å². The number of rotatable bonds is 7. The summed E-state index contributed by atoms with van der Waals surface area (Å²) in [7, 11) is 0. The molecule has 8 heteroatoms. The van der Waals surface area contributed by atoms with E-state index in [9.17, 15) is 14.4 Å². The van der Waals surface area contributed by atoms with Gasteiger partial charge in [0.05, 0.1) is 5.02 Å². The van der Waals surface area contributed by atoms with Gasteiger partial charge in [-0.3, -0.25) is 9.59 Å². The number of halogens is 1. The average Bonchev–Trinajstić information content (AvgIpc) is 2.37. The molecule has 0 aliphatic rings. The number of carbonyl (C=O) groups is 3. The molecule has 0 radical (unpaired) electrons. The van der Waals surface area contributed by atoms with Gasteiger partial charge in [-0.25, -0.2) is 9.78 Å². The Morgan fingerprint density at radius 1 is 1.30 bits per heavy atom. The van der Waals surface area contributed by atoms with E-state index in [4.69, 9.17) is 21.8 Å². The Labute approximate surface area is 119 Å². The molecular weight excluding hydrogens is 288 g/mol. The van der Waals surface area contributed by atoms with Crippen molar-refractivity contribution in [2.45, 2.75) is 25.3 Å². The fourth-order valence-corrected chi connectivity index (χ4v) is 1.57. The molecule has 1 rings (SSSR count). The second kappa shape index (κ2) is 7.44. The molecule has 0 saturated carbocycles. The van der Waals surface area contributed by atoms with E-state index < -0.39 is 23.9 Å². The van der Waals surface area contributed by atoms with Crippen molar-refractivity contribution < 1.29 is 24.6 Å². The lowest BCUT2D eigenvalue weighted by Crippen LogP contribution is -2.41. The van der Waals surface area contributed by atoms with Gasteiger partial charge in [0.2, 0.25) is 0 Å². The second-order valence-corrected chi connectivity index (χ2v) is 4.45. The maximum Gasteiger partial charge on any atom is 0.326 e. The van der Waals surface area contributed by atoms with Gasteiger partial charge in [0.1, 0.15) is 11.7 Å². The van der Waals surface area contributed by atoms with E-state index >= 15 is 0 Å². The SMILES string of the molecule is O=C(O)CCC[C@@H](NC(=O)c1ccc(Cl)cn1)C(=O)O. The number of hydrogen-bond acceptors (Lipinski definition) is 4. The van der Waals surface area contributed by atoms with Gasteiger partial charge in [0.15, 0.2) is 0 Å². The van der Waals surface area contributed by atoms with Gasteiger partial charge in [-0.2, -0.15) is 0 Å². The summed E-state index contributed by atoms with van der Waals surface area (Å²) in [6.07, 6.45) is 1.30. The van der Waals surface area contributed by atoms with Gasteiger partial charge < -0.3 is 15.5 Å². The van der Waals surface area contributed by atoms with E-state index in [1.807, 2.05) is 0 Å². The first kappa shape index (κ1) is 15.9. The first-order valence-corrected chi connectivity index (χ1v) is 6.15.